The molecule has 0 aliphatic rings. The topological polar surface area (TPSA) is 17.1 Å². The number of benzene rings is 1. The Morgan fingerprint density at radius 1 is 1.46 bits per heavy atom. The summed E-state index contributed by atoms with van der Waals surface area (Å²) >= 11 is 10.8. The Hall–Kier alpha value is -0.380. The van der Waals surface area contributed by atoms with Crippen molar-refractivity contribution in [2.24, 2.45) is 0 Å². The van der Waals surface area contributed by atoms with E-state index in [4.69, 9.17) is 11.6 Å². The van der Waals surface area contributed by atoms with Crippen LogP contribution in [0.15, 0.2) is 22.7 Å². The van der Waals surface area contributed by atoms with E-state index in [1.54, 1.807) is 6.07 Å². The van der Waals surface area contributed by atoms with E-state index >= 15 is 0 Å². The fraction of sp³-hybridized carbons (Fsp3) is 0. The second-order valence-corrected chi connectivity index (χ2v) is 4.98. The molecule has 4 heteroatoms. The van der Waals surface area contributed by atoms with Crippen molar-refractivity contribution in [1.29, 1.82) is 0 Å². The van der Waals surface area contributed by atoms with Gasteiger partial charge in [0.15, 0.2) is 6.29 Å². The second-order valence-electron chi connectivity index (χ2n) is 2.53. The third-order valence-corrected chi connectivity index (χ3v) is 4.42. The molecule has 13 heavy (non-hydrogen) atoms. The van der Waals surface area contributed by atoms with Crippen molar-refractivity contribution < 1.29 is 4.79 Å². The summed E-state index contributed by atoms with van der Waals surface area (Å²) < 4.78 is 2.53. The average molecular weight is 276 g/mol. The van der Waals surface area contributed by atoms with Gasteiger partial charge >= 0.3 is 0 Å². The van der Waals surface area contributed by atoms with Crippen LogP contribution in [0.4, 0.5) is 0 Å². The number of fused-ring (bicyclic) bond motifs is 1. The van der Waals surface area contributed by atoms with Crippen molar-refractivity contribution in [3.63, 3.8) is 0 Å². The van der Waals surface area contributed by atoms with Gasteiger partial charge in [0.05, 0.1) is 4.47 Å². The van der Waals surface area contributed by atoms with Gasteiger partial charge in [0, 0.05) is 15.6 Å². The Morgan fingerprint density at radius 2 is 2.23 bits per heavy atom. The van der Waals surface area contributed by atoms with Gasteiger partial charge in [-0.15, -0.1) is 11.3 Å². The van der Waals surface area contributed by atoms with Gasteiger partial charge in [-0.1, -0.05) is 23.7 Å². The SMILES string of the molecule is O=Cc1cccc2sc(Cl)c(Br)c12. The van der Waals surface area contributed by atoms with Crippen LogP contribution < -0.4 is 0 Å². The number of carbonyl (C=O) groups excluding carboxylic acids is 1. The van der Waals surface area contributed by atoms with E-state index in [1.165, 1.54) is 11.3 Å². The molecule has 0 atom stereocenters. The van der Waals surface area contributed by atoms with Crippen LogP contribution in [0.1, 0.15) is 10.4 Å². The fourth-order valence-electron chi connectivity index (χ4n) is 1.21. The summed E-state index contributed by atoms with van der Waals surface area (Å²) in [5.74, 6) is 0. The predicted octanol–water partition coefficient (Wildman–Crippen LogP) is 4.13. The van der Waals surface area contributed by atoms with Crippen molar-refractivity contribution in [3.8, 4) is 0 Å². The summed E-state index contributed by atoms with van der Waals surface area (Å²) in [5.41, 5.74) is 0.674. The predicted molar refractivity (Wildman–Crippen MR) is 59.9 cm³/mol. The van der Waals surface area contributed by atoms with Gasteiger partial charge in [0.1, 0.15) is 4.34 Å². The summed E-state index contributed by atoms with van der Waals surface area (Å²) in [5, 5.41) is 0.910. The minimum absolute atomic E-state index is 0.674. The highest BCUT2D eigenvalue weighted by molar-refractivity contribution is 9.10. The van der Waals surface area contributed by atoms with Gasteiger partial charge in [-0.2, -0.15) is 0 Å². The molecule has 2 rings (SSSR count). The maximum absolute atomic E-state index is 10.7. The first-order valence-electron chi connectivity index (χ1n) is 3.55. The number of carbonyl (C=O) groups is 1. The average Bonchev–Trinajstić information content (AvgIpc) is 2.43. The van der Waals surface area contributed by atoms with Gasteiger partial charge in [-0.05, 0) is 22.0 Å². The number of hydrogen-bond donors (Lipinski definition) is 0. The molecule has 1 nitrogen and oxygen atoms in total. The van der Waals surface area contributed by atoms with Crippen molar-refractivity contribution in [1.82, 2.24) is 0 Å². The summed E-state index contributed by atoms with van der Waals surface area (Å²) in [6.45, 7) is 0. The van der Waals surface area contributed by atoms with Crippen molar-refractivity contribution in [3.05, 3.63) is 32.6 Å². The Morgan fingerprint density at radius 3 is 2.92 bits per heavy atom. The molecular weight excluding hydrogens is 272 g/mol. The zero-order valence-electron chi connectivity index (χ0n) is 6.38. The van der Waals surface area contributed by atoms with Crippen LogP contribution in [0.3, 0.4) is 0 Å². The van der Waals surface area contributed by atoms with Crippen LogP contribution in [0.2, 0.25) is 4.34 Å². The molecule has 1 aromatic heterocycles. The highest BCUT2D eigenvalue weighted by Gasteiger charge is 2.10. The van der Waals surface area contributed by atoms with E-state index in [0.717, 1.165) is 20.8 Å². The minimum Gasteiger partial charge on any atom is -0.298 e. The van der Waals surface area contributed by atoms with Crippen LogP contribution in [0.25, 0.3) is 10.1 Å². The van der Waals surface area contributed by atoms with Gasteiger partial charge in [-0.25, -0.2) is 0 Å². The highest BCUT2D eigenvalue weighted by Crippen LogP contribution is 2.40. The van der Waals surface area contributed by atoms with E-state index in [2.05, 4.69) is 15.9 Å². The molecule has 0 bridgehead atoms. The van der Waals surface area contributed by atoms with Crippen molar-refractivity contribution >= 4 is 55.2 Å². The molecule has 0 spiro atoms. The molecule has 2 aromatic rings. The van der Waals surface area contributed by atoms with Gasteiger partial charge in [0.25, 0.3) is 0 Å². The fourth-order valence-corrected chi connectivity index (χ4v) is 3.22. The van der Waals surface area contributed by atoms with E-state index in [-0.39, 0.29) is 0 Å². The van der Waals surface area contributed by atoms with E-state index in [9.17, 15) is 4.79 Å². The number of aldehydes is 1. The van der Waals surface area contributed by atoms with Crippen LogP contribution in [-0.2, 0) is 0 Å². The van der Waals surface area contributed by atoms with Crippen LogP contribution in [0.5, 0.6) is 0 Å². The number of rotatable bonds is 1. The maximum atomic E-state index is 10.7. The molecule has 0 radical (unpaired) electrons. The molecular formula is C9H4BrClOS. The number of halogens is 2. The van der Waals surface area contributed by atoms with Crippen LogP contribution in [-0.4, -0.2) is 6.29 Å². The van der Waals surface area contributed by atoms with Crippen LogP contribution >= 0.6 is 38.9 Å². The number of thiophene rings is 1. The monoisotopic (exact) mass is 274 g/mol. The lowest BCUT2D eigenvalue weighted by atomic mass is 10.1. The van der Waals surface area contributed by atoms with E-state index in [1.807, 2.05) is 12.1 Å². The maximum Gasteiger partial charge on any atom is 0.150 e. The Balaban J connectivity index is 2.94. The lowest BCUT2D eigenvalue weighted by Crippen LogP contribution is -1.79. The standard InChI is InChI=1S/C9H4BrClOS/c10-8-7-5(4-12)2-1-3-6(7)13-9(8)11/h1-4H. The Kier molecular flexibility index (Phi) is 2.41. The van der Waals surface area contributed by atoms with Gasteiger partial charge in [0.2, 0.25) is 0 Å². The zero-order valence-corrected chi connectivity index (χ0v) is 9.54. The molecule has 66 valence electrons. The lowest BCUT2D eigenvalue weighted by molar-refractivity contribution is 0.112. The molecule has 0 aliphatic heterocycles. The molecule has 0 N–H and O–H groups in total. The quantitative estimate of drug-likeness (QED) is 0.715. The van der Waals surface area contributed by atoms with Crippen molar-refractivity contribution in [2.75, 3.05) is 0 Å². The molecule has 1 heterocycles. The third-order valence-electron chi connectivity index (χ3n) is 1.78. The summed E-state index contributed by atoms with van der Waals surface area (Å²) in [6, 6.07) is 5.58. The zero-order chi connectivity index (χ0) is 9.42. The molecule has 0 unspecified atom stereocenters. The largest absolute Gasteiger partial charge is 0.298 e. The Labute approximate surface area is 92.5 Å². The first-order chi connectivity index (χ1) is 6.24. The molecule has 0 saturated heterocycles. The highest BCUT2D eigenvalue weighted by atomic mass is 79.9. The van der Waals surface area contributed by atoms with Gasteiger partial charge in [-0.3, -0.25) is 4.79 Å². The summed E-state index contributed by atoms with van der Waals surface area (Å²) in [6.07, 6.45) is 0.843. The minimum atomic E-state index is 0.674. The van der Waals surface area contributed by atoms with Crippen molar-refractivity contribution in [2.45, 2.75) is 0 Å². The first kappa shape index (κ1) is 9.19. The first-order valence-corrected chi connectivity index (χ1v) is 5.54. The smallest absolute Gasteiger partial charge is 0.150 e. The Bertz CT molecular complexity index is 478. The summed E-state index contributed by atoms with van der Waals surface area (Å²) in [7, 11) is 0. The normalized spacial score (nSPS) is 10.6. The van der Waals surface area contributed by atoms with Gasteiger partial charge < -0.3 is 0 Å². The molecule has 0 aliphatic carbocycles. The second kappa shape index (κ2) is 3.40. The molecule has 1 aromatic carbocycles. The van der Waals surface area contributed by atoms with E-state index < -0.39 is 0 Å². The molecule has 0 fully saturated rings. The van der Waals surface area contributed by atoms with Crippen LogP contribution in [0, 0.1) is 0 Å². The third kappa shape index (κ3) is 1.41. The molecule has 0 saturated carbocycles. The van der Waals surface area contributed by atoms with E-state index in [0.29, 0.717) is 9.90 Å². The lowest BCUT2D eigenvalue weighted by Gasteiger charge is -1.93. The summed E-state index contributed by atoms with van der Waals surface area (Å²) in [4.78, 5) is 10.7. The number of hydrogen-bond acceptors (Lipinski definition) is 2. The molecule has 0 amide bonds.